The quantitative estimate of drug-likeness (QED) is 0.709. The van der Waals surface area contributed by atoms with E-state index in [2.05, 4.69) is 0 Å². The van der Waals surface area contributed by atoms with Gasteiger partial charge in [-0.1, -0.05) is 12.1 Å². The molecule has 1 aromatic carbocycles. The Morgan fingerprint density at radius 1 is 1.19 bits per heavy atom. The van der Waals surface area contributed by atoms with E-state index < -0.39 is 0 Å². The fraction of sp³-hybridized carbons (Fsp3) is 0.562. The Hall–Kier alpha value is -1.59. The van der Waals surface area contributed by atoms with E-state index in [1.807, 2.05) is 29.2 Å². The van der Waals surface area contributed by atoms with Gasteiger partial charge in [0.05, 0.1) is 13.7 Å². The van der Waals surface area contributed by atoms with Crippen LogP contribution < -0.4 is 10.5 Å². The van der Waals surface area contributed by atoms with Gasteiger partial charge in [-0.2, -0.15) is 0 Å². The van der Waals surface area contributed by atoms with E-state index >= 15 is 0 Å². The maximum atomic E-state index is 12.3. The minimum Gasteiger partial charge on any atom is -0.497 e. The van der Waals surface area contributed by atoms with Gasteiger partial charge in [0, 0.05) is 26.6 Å². The smallest absolute Gasteiger partial charge is 0.222 e. The Balaban J connectivity index is 2.46. The average Bonchev–Trinajstić information content (AvgIpc) is 2.53. The average molecular weight is 294 g/mol. The summed E-state index contributed by atoms with van der Waals surface area (Å²) in [6, 6.07) is 7.81. The Morgan fingerprint density at radius 2 is 1.90 bits per heavy atom. The number of methoxy groups -OCH3 is 2. The summed E-state index contributed by atoms with van der Waals surface area (Å²) in [5.41, 5.74) is 6.65. The van der Waals surface area contributed by atoms with Crippen LogP contribution in [0, 0.1) is 0 Å². The Labute approximate surface area is 127 Å². The lowest BCUT2D eigenvalue weighted by atomic mass is 10.1. The molecule has 0 saturated carbocycles. The first kappa shape index (κ1) is 17.5. The molecule has 5 nitrogen and oxygen atoms in total. The van der Waals surface area contributed by atoms with Gasteiger partial charge in [-0.05, 0) is 37.1 Å². The standard InChI is InChI=1S/C16H26N2O3/c1-20-13-12-18(11-3-10-17)16(19)9-6-14-4-7-15(21-2)8-5-14/h4-5,7-8H,3,6,9-13,17H2,1-2H3. The topological polar surface area (TPSA) is 64.8 Å². The SMILES string of the molecule is COCCN(CCCN)C(=O)CCc1ccc(OC)cc1. The number of hydrogen-bond donors (Lipinski definition) is 1. The summed E-state index contributed by atoms with van der Waals surface area (Å²) in [5.74, 6) is 0.978. The van der Waals surface area contributed by atoms with Crippen molar-refractivity contribution in [1.82, 2.24) is 4.90 Å². The van der Waals surface area contributed by atoms with Crippen LogP contribution in [-0.2, 0) is 16.0 Å². The zero-order valence-corrected chi connectivity index (χ0v) is 13.0. The van der Waals surface area contributed by atoms with Gasteiger partial charge in [0.1, 0.15) is 5.75 Å². The van der Waals surface area contributed by atoms with Gasteiger partial charge in [-0.25, -0.2) is 0 Å². The van der Waals surface area contributed by atoms with Crippen molar-refractivity contribution in [2.24, 2.45) is 5.73 Å². The third-order valence-electron chi connectivity index (χ3n) is 3.34. The minimum absolute atomic E-state index is 0.149. The van der Waals surface area contributed by atoms with Crippen molar-refractivity contribution >= 4 is 5.91 Å². The Kier molecular flexibility index (Phi) is 8.47. The van der Waals surface area contributed by atoms with Crippen molar-refractivity contribution in [3.8, 4) is 5.75 Å². The molecule has 0 bridgehead atoms. The molecule has 0 spiro atoms. The van der Waals surface area contributed by atoms with Crippen molar-refractivity contribution in [2.75, 3.05) is 40.5 Å². The van der Waals surface area contributed by atoms with Crippen LogP contribution in [0.3, 0.4) is 0 Å². The van der Waals surface area contributed by atoms with Crippen LogP contribution >= 0.6 is 0 Å². The summed E-state index contributed by atoms with van der Waals surface area (Å²) in [5, 5.41) is 0. The maximum Gasteiger partial charge on any atom is 0.222 e. The molecule has 0 aromatic heterocycles. The Bertz CT molecular complexity index is 398. The summed E-state index contributed by atoms with van der Waals surface area (Å²) in [6.45, 7) is 2.47. The van der Waals surface area contributed by atoms with Crippen molar-refractivity contribution in [1.29, 1.82) is 0 Å². The van der Waals surface area contributed by atoms with E-state index in [0.717, 1.165) is 24.2 Å². The lowest BCUT2D eigenvalue weighted by Crippen LogP contribution is -2.35. The predicted octanol–water partition coefficient (Wildman–Crippen LogP) is 1.45. The van der Waals surface area contributed by atoms with Gasteiger partial charge in [-0.15, -0.1) is 0 Å². The Morgan fingerprint density at radius 3 is 2.48 bits per heavy atom. The number of aryl methyl sites for hydroxylation is 1. The van der Waals surface area contributed by atoms with Crippen LogP contribution in [0.15, 0.2) is 24.3 Å². The van der Waals surface area contributed by atoms with Crippen molar-refractivity contribution < 1.29 is 14.3 Å². The molecule has 5 heteroatoms. The second-order valence-corrected chi connectivity index (χ2v) is 4.86. The molecule has 0 unspecified atom stereocenters. The van der Waals surface area contributed by atoms with Gasteiger partial charge in [0.2, 0.25) is 5.91 Å². The molecule has 0 heterocycles. The third kappa shape index (κ3) is 6.60. The molecule has 1 rings (SSSR count). The van der Waals surface area contributed by atoms with E-state index in [0.29, 0.717) is 32.7 Å². The van der Waals surface area contributed by atoms with Crippen LogP contribution in [0.25, 0.3) is 0 Å². The first-order valence-electron chi connectivity index (χ1n) is 7.31. The summed E-state index contributed by atoms with van der Waals surface area (Å²) >= 11 is 0. The van der Waals surface area contributed by atoms with Gasteiger partial charge in [-0.3, -0.25) is 4.79 Å². The molecule has 0 fully saturated rings. The summed E-state index contributed by atoms with van der Waals surface area (Å²) in [6.07, 6.45) is 2.05. The molecule has 1 amide bonds. The molecule has 0 radical (unpaired) electrons. The zero-order valence-electron chi connectivity index (χ0n) is 13.0. The number of rotatable bonds is 10. The number of benzene rings is 1. The number of carbonyl (C=O) groups excluding carboxylic acids is 1. The van der Waals surface area contributed by atoms with Crippen LogP contribution in [0.2, 0.25) is 0 Å². The lowest BCUT2D eigenvalue weighted by molar-refractivity contribution is -0.131. The number of nitrogens with zero attached hydrogens (tertiary/aromatic N) is 1. The highest BCUT2D eigenvalue weighted by molar-refractivity contribution is 5.76. The monoisotopic (exact) mass is 294 g/mol. The predicted molar refractivity (Wildman–Crippen MR) is 83.4 cm³/mol. The van der Waals surface area contributed by atoms with Crippen LogP contribution in [-0.4, -0.2) is 51.3 Å². The fourth-order valence-corrected chi connectivity index (χ4v) is 2.05. The third-order valence-corrected chi connectivity index (χ3v) is 3.34. The maximum absolute atomic E-state index is 12.3. The highest BCUT2D eigenvalue weighted by Crippen LogP contribution is 2.13. The molecule has 2 N–H and O–H groups in total. The highest BCUT2D eigenvalue weighted by atomic mass is 16.5. The molecule has 0 atom stereocenters. The summed E-state index contributed by atoms with van der Waals surface area (Å²) in [4.78, 5) is 14.1. The molecule has 1 aromatic rings. The lowest BCUT2D eigenvalue weighted by Gasteiger charge is -2.22. The van der Waals surface area contributed by atoms with Gasteiger partial charge in [0.25, 0.3) is 0 Å². The fourth-order valence-electron chi connectivity index (χ4n) is 2.05. The summed E-state index contributed by atoms with van der Waals surface area (Å²) in [7, 11) is 3.28. The molecule has 0 aliphatic rings. The minimum atomic E-state index is 0.149. The molecular weight excluding hydrogens is 268 g/mol. The van der Waals surface area contributed by atoms with Crippen LogP contribution in [0.4, 0.5) is 0 Å². The van der Waals surface area contributed by atoms with Gasteiger partial charge < -0.3 is 20.1 Å². The van der Waals surface area contributed by atoms with E-state index in [1.54, 1.807) is 14.2 Å². The van der Waals surface area contributed by atoms with E-state index in [9.17, 15) is 4.79 Å². The molecule has 0 saturated heterocycles. The molecular formula is C16H26N2O3. The largest absolute Gasteiger partial charge is 0.497 e. The second-order valence-electron chi connectivity index (χ2n) is 4.86. The normalized spacial score (nSPS) is 10.4. The zero-order chi connectivity index (χ0) is 15.5. The molecule has 0 aliphatic carbocycles. The first-order chi connectivity index (χ1) is 10.2. The molecule has 118 valence electrons. The summed E-state index contributed by atoms with van der Waals surface area (Å²) < 4.78 is 10.2. The molecule has 21 heavy (non-hydrogen) atoms. The first-order valence-corrected chi connectivity index (χ1v) is 7.31. The number of hydrogen-bond acceptors (Lipinski definition) is 4. The van der Waals surface area contributed by atoms with Crippen molar-refractivity contribution in [2.45, 2.75) is 19.3 Å². The second kappa shape index (κ2) is 10.2. The van der Waals surface area contributed by atoms with Crippen molar-refractivity contribution in [3.63, 3.8) is 0 Å². The highest BCUT2D eigenvalue weighted by Gasteiger charge is 2.12. The van der Waals surface area contributed by atoms with Gasteiger partial charge >= 0.3 is 0 Å². The number of nitrogens with two attached hydrogens (primary N) is 1. The molecule has 0 aliphatic heterocycles. The van der Waals surface area contributed by atoms with E-state index in [-0.39, 0.29) is 5.91 Å². The van der Waals surface area contributed by atoms with E-state index in [1.165, 1.54) is 0 Å². The van der Waals surface area contributed by atoms with E-state index in [4.69, 9.17) is 15.2 Å². The number of amides is 1. The number of carbonyl (C=O) groups is 1. The van der Waals surface area contributed by atoms with Gasteiger partial charge in [0.15, 0.2) is 0 Å². The van der Waals surface area contributed by atoms with Crippen LogP contribution in [0.5, 0.6) is 5.75 Å². The van der Waals surface area contributed by atoms with Crippen molar-refractivity contribution in [3.05, 3.63) is 29.8 Å². The number of ether oxygens (including phenoxy) is 2. The van der Waals surface area contributed by atoms with Crippen LogP contribution in [0.1, 0.15) is 18.4 Å².